The number of sulfonamides is 1. The predicted molar refractivity (Wildman–Crippen MR) is 105 cm³/mol. The molecule has 4 aliphatic heterocycles. The maximum absolute atomic E-state index is 12.7. The van der Waals surface area contributed by atoms with Gasteiger partial charge in [-0.1, -0.05) is 0 Å². The summed E-state index contributed by atoms with van der Waals surface area (Å²) < 4.78 is 61.6. The van der Waals surface area contributed by atoms with Crippen molar-refractivity contribution in [2.45, 2.75) is 31.3 Å². The highest BCUT2D eigenvalue weighted by Gasteiger charge is 2.50. The number of hydrogen-bond acceptors (Lipinski definition) is 5. The largest absolute Gasteiger partial charge is 0.511 e. The number of guanidine groups is 1. The van der Waals surface area contributed by atoms with Gasteiger partial charge in [0.1, 0.15) is 0 Å². The lowest BCUT2D eigenvalue weighted by atomic mass is 9.98. The first-order valence-electron chi connectivity index (χ1n) is 10.3. The normalized spacial score (nSPS) is 29.8. The first-order valence-corrected chi connectivity index (χ1v) is 11.7. The minimum atomic E-state index is -5.23. The molecule has 0 amide bonds. The van der Waals surface area contributed by atoms with Crippen LogP contribution < -0.4 is 10.6 Å². The molecular formula is C17H31F3N6O2S. The fourth-order valence-electron chi connectivity index (χ4n) is 4.17. The fourth-order valence-corrected chi connectivity index (χ4v) is 5.16. The van der Waals surface area contributed by atoms with Gasteiger partial charge in [0.05, 0.1) is 0 Å². The van der Waals surface area contributed by atoms with E-state index in [1.54, 1.807) is 0 Å². The van der Waals surface area contributed by atoms with E-state index in [2.05, 4.69) is 25.4 Å². The van der Waals surface area contributed by atoms with Gasteiger partial charge in [-0.15, -0.1) is 0 Å². The molecule has 8 nitrogen and oxygen atoms in total. The molecule has 2 N–H and O–H groups in total. The maximum atomic E-state index is 12.7. The zero-order chi connectivity index (χ0) is 21.1. The number of aliphatic imine (C=N–C) groups is 1. The summed E-state index contributed by atoms with van der Waals surface area (Å²) >= 11 is 0. The number of nitrogens with one attached hydrogen (secondary N) is 2. The monoisotopic (exact) mass is 440 g/mol. The summed E-state index contributed by atoms with van der Waals surface area (Å²) in [5.41, 5.74) is -5.23. The zero-order valence-corrected chi connectivity index (χ0v) is 17.6. The summed E-state index contributed by atoms with van der Waals surface area (Å²) in [5, 5.41) is 6.59. The van der Waals surface area contributed by atoms with Crippen LogP contribution in [0.1, 0.15) is 19.8 Å². The van der Waals surface area contributed by atoms with Crippen molar-refractivity contribution >= 4 is 16.0 Å². The molecule has 0 saturated carbocycles. The number of fused-ring (bicyclic) bond motifs is 3. The number of nitrogens with zero attached hydrogens (tertiary/aromatic N) is 4. The summed E-state index contributed by atoms with van der Waals surface area (Å²) in [6.07, 6.45) is 0.757. The third-order valence-corrected chi connectivity index (χ3v) is 7.59. The van der Waals surface area contributed by atoms with E-state index in [1.165, 1.54) is 0 Å². The fraction of sp³-hybridized carbons (Fsp3) is 0.941. The molecule has 0 radical (unpaired) electrons. The van der Waals surface area contributed by atoms with Crippen LogP contribution in [0, 0.1) is 5.92 Å². The van der Waals surface area contributed by atoms with Gasteiger partial charge in [0.15, 0.2) is 5.96 Å². The van der Waals surface area contributed by atoms with E-state index in [9.17, 15) is 21.6 Å². The van der Waals surface area contributed by atoms with Crippen LogP contribution in [0.5, 0.6) is 0 Å². The first kappa shape index (κ1) is 22.6. The highest BCUT2D eigenvalue weighted by Crippen LogP contribution is 2.30. The molecule has 0 spiro atoms. The lowest BCUT2D eigenvalue weighted by Crippen LogP contribution is -2.63. The van der Waals surface area contributed by atoms with Crippen molar-refractivity contribution in [3.63, 3.8) is 0 Å². The molecular weight excluding hydrogens is 409 g/mol. The Morgan fingerprint density at radius 2 is 1.72 bits per heavy atom. The van der Waals surface area contributed by atoms with Crippen molar-refractivity contribution in [3.8, 4) is 0 Å². The van der Waals surface area contributed by atoms with E-state index in [0.29, 0.717) is 42.2 Å². The topological polar surface area (TPSA) is 80.3 Å². The molecule has 4 saturated heterocycles. The van der Waals surface area contributed by atoms with Crippen LogP contribution in [0.25, 0.3) is 0 Å². The first-order chi connectivity index (χ1) is 13.7. The standard InChI is InChI=1S/C17H31F3N6O2S/c1-2-21-16(23-12-15-13-24-7-9-25(15)10-8-24)22-11-14-3-5-26(6-4-14)29(27,28)17(18,19)20/h14-15H,2-13H2,1H3,(H2,21,22,23). The SMILES string of the molecule is CCNC(=NCC1CCN(S(=O)(=O)C(F)(F)F)CC1)NCC1CN2CCN1CC2. The molecule has 0 aromatic heterocycles. The average Bonchev–Trinajstić information content (AvgIpc) is 2.70. The summed E-state index contributed by atoms with van der Waals surface area (Å²) in [7, 11) is -5.22. The van der Waals surface area contributed by atoms with Crippen LogP contribution in [0.3, 0.4) is 0 Å². The minimum Gasteiger partial charge on any atom is -0.357 e. The maximum Gasteiger partial charge on any atom is 0.511 e. The van der Waals surface area contributed by atoms with Crippen molar-refractivity contribution in [2.24, 2.45) is 10.9 Å². The molecule has 4 rings (SSSR count). The van der Waals surface area contributed by atoms with Crippen molar-refractivity contribution in [1.29, 1.82) is 0 Å². The second-order valence-corrected chi connectivity index (χ2v) is 9.81. The Labute approximate surface area is 170 Å². The molecule has 1 atom stereocenters. The van der Waals surface area contributed by atoms with Gasteiger partial charge in [0.25, 0.3) is 0 Å². The van der Waals surface area contributed by atoms with E-state index in [-0.39, 0.29) is 19.0 Å². The number of piperazine rings is 3. The second kappa shape index (κ2) is 9.36. The molecule has 0 aromatic carbocycles. The second-order valence-electron chi connectivity index (χ2n) is 7.88. The quantitative estimate of drug-likeness (QED) is 0.451. The van der Waals surface area contributed by atoms with Gasteiger partial charge in [-0.2, -0.15) is 17.5 Å². The third-order valence-electron chi connectivity index (χ3n) is 5.96. The molecule has 0 aromatic rings. The van der Waals surface area contributed by atoms with Crippen LogP contribution in [0.2, 0.25) is 0 Å². The van der Waals surface area contributed by atoms with E-state index < -0.39 is 15.5 Å². The average molecular weight is 441 g/mol. The lowest BCUT2D eigenvalue weighted by molar-refractivity contribution is -0.0496. The van der Waals surface area contributed by atoms with Gasteiger partial charge in [-0.05, 0) is 25.7 Å². The zero-order valence-electron chi connectivity index (χ0n) is 16.8. The van der Waals surface area contributed by atoms with E-state index in [4.69, 9.17) is 0 Å². The van der Waals surface area contributed by atoms with Crippen molar-refractivity contribution in [1.82, 2.24) is 24.7 Å². The van der Waals surface area contributed by atoms with Crippen LogP contribution in [0.4, 0.5) is 13.2 Å². The van der Waals surface area contributed by atoms with Gasteiger partial charge >= 0.3 is 15.5 Å². The molecule has 29 heavy (non-hydrogen) atoms. The Balaban J connectivity index is 1.47. The molecule has 12 heteroatoms. The van der Waals surface area contributed by atoms with Crippen LogP contribution in [-0.2, 0) is 10.0 Å². The van der Waals surface area contributed by atoms with Gasteiger partial charge in [-0.3, -0.25) is 14.8 Å². The van der Waals surface area contributed by atoms with Crippen LogP contribution in [0.15, 0.2) is 4.99 Å². The van der Waals surface area contributed by atoms with Crippen molar-refractivity contribution < 1.29 is 21.6 Å². The molecule has 0 aliphatic carbocycles. The number of halogens is 3. The van der Waals surface area contributed by atoms with Gasteiger partial charge < -0.3 is 10.6 Å². The summed E-state index contributed by atoms with van der Waals surface area (Å²) in [4.78, 5) is 9.56. The van der Waals surface area contributed by atoms with Gasteiger partial charge in [-0.25, -0.2) is 8.42 Å². The molecule has 4 fully saturated rings. The lowest BCUT2D eigenvalue weighted by Gasteiger charge is -2.47. The van der Waals surface area contributed by atoms with E-state index >= 15 is 0 Å². The molecule has 168 valence electrons. The van der Waals surface area contributed by atoms with Gasteiger partial charge in [0, 0.05) is 71.5 Å². The minimum absolute atomic E-state index is 0.0747. The third kappa shape index (κ3) is 5.53. The summed E-state index contributed by atoms with van der Waals surface area (Å²) in [6, 6.07) is 0.456. The number of hydrogen-bond donors (Lipinski definition) is 2. The summed E-state index contributed by atoms with van der Waals surface area (Å²) in [6.45, 7) is 9.25. The highest BCUT2D eigenvalue weighted by molar-refractivity contribution is 7.90. The molecule has 2 bridgehead atoms. The predicted octanol–water partition coefficient (Wildman–Crippen LogP) is 0.103. The molecule has 1 unspecified atom stereocenters. The van der Waals surface area contributed by atoms with Gasteiger partial charge in [0.2, 0.25) is 0 Å². The van der Waals surface area contributed by atoms with E-state index in [0.717, 1.165) is 39.3 Å². The Bertz CT molecular complexity index is 671. The Morgan fingerprint density at radius 1 is 1.07 bits per heavy atom. The summed E-state index contributed by atoms with van der Waals surface area (Å²) in [5.74, 6) is 0.779. The number of alkyl halides is 3. The number of rotatable bonds is 6. The van der Waals surface area contributed by atoms with Crippen LogP contribution >= 0.6 is 0 Å². The van der Waals surface area contributed by atoms with Crippen LogP contribution in [-0.4, -0.2) is 105 Å². The smallest absolute Gasteiger partial charge is 0.357 e. The number of piperidine rings is 1. The Kier molecular flexibility index (Phi) is 7.28. The Hall–Kier alpha value is -1.11. The highest BCUT2D eigenvalue weighted by atomic mass is 32.2. The molecule has 4 heterocycles. The Morgan fingerprint density at radius 3 is 2.24 bits per heavy atom. The van der Waals surface area contributed by atoms with E-state index in [1.807, 2.05) is 6.92 Å². The molecule has 4 aliphatic rings. The van der Waals surface area contributed by atoms with Crippen molar-refractivity contribution in [3.05, 3.63) is 0 Å². The van der Waals surface area contributed by atoms with Crippen molar-refractivity contribution in [2.75, 3.05) is 65.4 Å².